The van der Waals surface area contributed by atoms with Gasteiger partial charge in [-0.25, -0.2) is 9.78 Å². The minimum atomic E-state index is -0.447. The van der Waals surface area contributed by atoms with E-state index < -0.39 is 6.04 Å². The van der Waals surface area contributed by atoms with E-state index in [1.807, 2.05) is 0 Å². The third-order valence-corrected chi connectivity index (χ3v) is 3.18. The molecule has 1 aromatic heterocycles. The highest BCUT2D eigenvalue weighted by Gasteiger charge is 2.22. The Labute approximate surface area is 103 Å². The van der Waals surface area contributed by atoms with Gasteiger partial charge in [0.2, 0.25) is 5.91 Å². The SMILES string of the molecule is O=C(Nc1nccs1)N[C@H]1CCCCNC1=O. The van der Waals surface area contributed by atoms with Gasteiger partial charge in [0.05, 0.1) is 0 Å². The van der Waals surface area contributed by atoms with Crippen molar-refractivity contribution in [3.63, 3.8) is 0 Å². The predicted octanol–water partition coefficient (Wildman–Crippen LogP) is 0.933. The van der Waals surface area contributed by atoms with Crippen LogP contribution in [0.1, 0.15) is 19.3 Å². The van der Waals surface area contributed by atoms with E-state index in [1.54, 1.807) is 11.6 Å². The van der Waals surface area contributed by atoms with Crippen LogP contribution in [-0.4, -0.2) is 29.5 Å². The van der Waals surface area contributed by atoms with Crippen LogP contribution in [0.3, 0.4) is 0 Å². The number of hydrogen-bond donors (Lipinski definition) is 3. The fourth-order valence-electron chi connectivity index (χ4n) is 1.65. The number of amides is 3. The maximum Gasteiger partial charge on any atom is 0.321 e. The molecule has 0 unspecified atom stereocenters. The fraction of sp³-hybridized carbons (Fsp3) is 0.500. The monoisotopic (exact) mass is 254 g/mol. The third-order valence-electron chi connectivity index (χ3n) is 2.49. The van der Waals surface area contributed by atoms with E-state index in [2.05, 4.69) is 20.9 Å². The lowest BCUT2D eigenvalue weighted by molar-refractivity contribution is -0.122. The van der Waals surface area contributed by atoms with Crippen LogP contribution in [0.4, 0.5) is 9.93 Å². The molecule has 6 nitrogen and oxygen atoms in total. The molecule has 1 atom stereocenters. The van der Waals surface area contributed by atoms with E-state index in [0.29, 0.717) is 18.1 Å². The van der Waals surface area contributed by atoms with Crippen molar-refractivity contribution in [2.24, 2.45) is 0 Å². The molecule has 1 aliphatic rings. The maximum absolute atomic E-state index is 11.6. The first-order valence-electron chi connectivity index (χ1n) is 5.50. The predicted molar refractivity (Wildman–Crippen MR) is 64.9 cm³/mol. The fourth-order valence-corrected chi connectivity index (χ4v) is 2.18. The van der Waals surface area contributed by atoms with Gasteiger partial charge in [-0.1, -0.05) is 0 Å². The first-order chi connectivity index (χ1) is 8.25. The minimum absolute atomic E-state index is 0.114. The zero-order valence-corrected chi connectivity index (χ0v) is 10.0. The molecular weight excluding hydrogens is 240 g/mol. The number of rotatable bonds is 2. The number of anilines is 1. The van der Waals surface area contributed by atoms with Crippen molar-refractivity contribution < 1.29 is 9.59 Å². The van der Waals surface area contributed by atoms with E-state index >= 15 is 0 Å². The highest BCUT2D eigenvalue weighted by atomic mass is 32.1. The number of nitrogens with zero attached hydrogens (tertiary/aromatic N) is 1. The second-order valence-corrected chi connectivity index (χ2v) is 4.67. The Balaban J connectivity index is 1.86. The normalized spacial score (nSPS) is 20.2. The Bertz CT molecular complexity index is 393. The molecule has 7 heteroatoms. The van der Waals surface area contributed by atoms with Crippen molar-refractivity contribution in [2.45, 2.75) is 25.3 Å². The summed E-state index contributed by atoms with van der Waals surface area (Å²) in [5.41, 5.74) is 0. The zero-order chi connectivity index (χ0) is 12.1. The third kappa shape index (κ3) is 3.42. The van der Waals surface area contributed by atoms with Gasteiger partial charge in [-0.3, -0.25) is 10.1 Å². The highest BCUT2D eigenvalue weighted by molar-refractivity contribution is 7.13. The first-order valence-corrected chi connectivity index (χ1v) is 6.38. The Kier molecular flexibility index (Phi) is 3.92. The molecule has 3 amide bonds. The summed E-state index contributed by atoms with van der Waals surface area (Å²) in [5.74, 6) is -0.114. The second kappa shape index (κ2) is 5.62. The van der Waals surface area contributed by atoms with Crippen LogP contribution < -0.4 is 16.0 Å². The van der Waals surface area contributed by atoms with Crippen LogP contribution in [-0.2, 0) is 4.79 Å². The molecule has 2 heterocycles. The molecule has 0 aliphatic carbocycles. The maximum atomic E-state index is 11.6. The summed E-state index contributed by atoms with van der Waals surface area (Å²) in [5, 5.41) is 10.3. The number of carbonyl (C=O) groups is 2. The Morgan fingerprint density at radius 3 is 3.18 bits per heavy atom. The van der Waals surface area contributed by atoms with Gasteiger partial charge in [-0.2, -0.15) is 0 Å². The minimum Gasteiger partial charge on any atom is -0.354 e. The van der Waals surface area contributed by atoms with Crippen molar-refractivity contribution in [1.29, 1.82) is 0 Å². The summed E-state index contributed by atoms with van der Waals surface area (Å²) in [6.07, 6.45) is 4.18. The van der Waals surface area contributed by atoms with Crippen molar-refractivity contribution in [3.8, 4) is 0 Å². The van der Waals surface area contributed by atoms with Gasteiger partial charge in [-0.15, -0.1) is 11.3 Å². The van der Waals surface area contributed by atoms with Gasteiger partial charge in [0.15, 0.2) is 5.13 Å². The average molecular weight is 254 g/mol. The number of nitrogens with one attached hydrogen (secondary N) is 3. The van der Waals surface area contributed by atoms with E-state index in [-0.39, 0.29) is 11.9 Å². The lowest BCUT2D eigenvalue weighted by Crippen LogP contribution is -2.46. The molecule has 1 aromatic rings. The highest BCUT2D eigenvalue weighted by Crippen LogP contribution is 2.10. The van der Waals surface area contributed by atoms with Crippen molar-refractivity contribution in [1.82, 2.24) is 15.6 Å². The largest absolute Gasteiger partial charge is 0.354 e. The molecule has 0 radical (unpaired) electrons. The van der Waals surface area contributed by atoms with Crippen LogP contribution in [0.25, 0.3) is 0 Å². The molecule has 92 valence electrons. The summed E-state index contributed by atoms with van der Waals surface area (Å²) < 4.78 is 0. The molecule has 0 spiro atoms. The zero-order valence-electron chi connectivity index (χ0n) is 9.23. The van der Waals surface area contributed by atoms with Crippen molar-refractivity contribution >= 4 is 28.4 Å². The topological polar surface area (TPSA) is 83.1 Å². The summed E-state index contributed by atoms with van der Waals surface area (Å²) >= 11 is 1.33. The molecule has 1 fully saturated rings. The molecule has 0 aromatic carbocycles. The van der Waals surface area contributed by atoms with Gasteiger partial charge < -0.3 is 10.6 Å². The quantitative estimate of drug-likeness (QED) is 0.734. The van der Waals surface area contributed by atoms with Crippen LogP contribution in [0.5, 0.6) is 0 Å². The van der Waals surface area contributed by atoms with Crippen LogP contribution in [0.2, 0.25) is 0 Å². The van der Waals surface area contributed by atoms with Crippen LogP contribution in [0.15, 0.2) is 11.6 Å². The number of carbonyl (C=O) groups excluding carboxylic acids is 2. The van der Waals surface area contributed by atoms with Crippen molar-refractivity contribution in [3.05, 3.63) is 11.6 Å². The number of aromatic nitrogens is 1. The molecule has 0 saturated carbocycles. The average Bonchev–Trinajstić information content (AvgIpc) is 2.71. The lowest BCUT2D eigenvalue weighted by Gasteiger charge is -2.14. The Hall–Kier alpha value is -1.63. The van der Waals surface area contributed by atoms with E-state index in [4.69, 9.17) is 0 Å². The summed E-state index contributed by atoms with van der Waals surface area (Å²) in [7, 11) is 0. The number of hydrogen-bond acceptors (Lipinski definition) is 4. The molecular formula is C10H14N4O2S. The molecule has 1 saturated heterocycles. The lowest BCUT2D eigenvalue weighted by atomic mass is 10.1. The van der Waals surface area contributed by atoms with E-state index in [9.17, 15) is 9.59 Å². The molecule has 0 bridgehead atoms. The summed E-state index contributed by atoms with van der Waals surface area (Å²) in [6.45, 7) is 0.686. The molecule has 1 aliphatic heterocycles. The molecule has 2 rings (SSSR count). The van der Waals surface area contributed by atoms with Gasteiger partial charge in [0.25, 0.3) is 0 Å². The second-order valence-electron chi connectivity index (χ2n) is 3.78. The standard InChI is InChI=1S/C10H14N4O2S/c15-8-7(3-1-2-4-11-8)13-9(16)14-10-12-5-6-17-10/h5-7H,1-4H2,(H,11,15)(H2,12,13,14,16)/t7-/m0/s1. The first kappa shape index (κ1) is 11.8. The number of thiazole rings is 1. The molecule has 3 N–H and O–H groups in total. The Morgan fingerprint density at radius 1 is 1.53 bits per heavy atom. The van der Waals surface area contributed by atoms with Gasteiger partial charge >= 0.3 is 6.03 Å². The van der Waals surface area contributed by atoms with Gasteiger partial charge in [0.1, 0.15) is 6.04 Å². The summed E-state index contributed by atoms with van der Waals surface area (Å²) in [4.78, 5) is 27.1. The number of urea groups is 1. The van der Waals surface area contributed by atoms with Gasteiger partial charge in [0, 0.05) is 18.1 Å². The molecule has 17 heavy (non-hydrogen) atoms. The van der Waals surface area contributed by atoms with E-state index in [1.165, 1.54) is 11.3 Å². The van der Waals surface area contributed by atoms with Crippen molar-refractivity contribution in [2.75, 3.05) is 11.9 Å². The van der Waals surface area contributed by atoms with E-state index in [0.717, 1.165) is 12.8 Å². The van der Waals surface area contributed by atoms with Gasteiger partial charge in [-0.05, 0) is 19.3 Å². The Morgan fingerprint density at radius 2 is 2.41 bits per heavy atom. The summed E-state index contributed by atoms with van der Waals surface area (Å²) in [6, 6.07) is -0.834. The smallest absolute Gasteiger partial charge is 0.321 e. The van der Waals surface area contributed by atoms with Crippen LogP contribution in [0, 0.1) is 0 Å². The van der Waals surface area contributed by atoms with Crippen LogP contribution >= 0.6 is 11.3 Å².